The van der Waals surface area contributed by atoms with Gasteiger partial charge in [0.25, 0.3) is 0 Å². The zero-order valence-electron chi connectivity index (χ0n) is 14.7. The van der Waals surface area contributed by atoms with E-state index in [2.05, 4.69) is 10.3 Å². The quantitative estimate of drug-likeness (QED) is 0.869. The molecule has 1 saturated carbocycles. The Morgan fingerprint density at radius 2 is 2.08 bits per heavy atom. The second kappa shape index (κ2) is 8.02. The minimum atomic E-state index is -0.417. The molecule has 5 nitrogen and oxygen atoms in total. The summed E-state index contributed by atoms with van der Waals surface area (Å²) < 4.78 is 5.52. The summed E-state index contributed by atoms with van der Waals surface area (Å²) >= 11 is 0. The van der Waals surface area contributed by atoms with Gasteiger partial charge in [-0.05, 0) is 38.8 Å². The number of hydrogen-bond donors (Lipinski definition) is 2. The fourth-order valence-electron chi connectivity index (χ4n) is 3.31. The molecule has 1 amide bonds. The molecule has 1 aliphatic carbocycles. The highest BCUT2D eigenvalue weighted by Crippen LogP contribution is 2.31. The number of benzene rings is 1. The van der Waals surface area contributed by atoms with Crippen molar-refractivity contribution in [2.24, 2.45) is 11.7 Å². The average molecular weight is 364 g/mol. The van der Waals surface area contributed by atoms with Crippen LogP contribution in [0.5, 0.6) is 0 Å². The monoisotopic (exact) mass is 363 g/mol. The summed E-state index contributed by atoms with van der Waals surface area (Å²) in [6.07, 6.45) is 5.50. The number of nitrogens with two attached hydrogens (primary N) is 1. The van der Waals surface area contributed by atoms with Gasteiger partial charge >= 0.3 is 0 Å². The van der Waals surface area contributed by atoms with Crippen LogP contribution >= 0.6 is 12.4 Å². The highest BCUT2D eigenvalue weighted by atomic mass is 35.5. The van der Waals surface area contributed by atoms with E-state index in [1.807, 2.05) is 38.1 Å². The van der Waals surface area contributed by atoms with Gasteiger partial charge in [-0.3, -0.25) is 4.79 Å². The van der Waals surface area contributed by atoms with Gasteiger partial charge in [0.1, 0.15) is 6.26 Å². The number of nitrogens with one attached hydrogen (secondary N) is 1. The van der Waals surface area contributed by atoms with Crippen LogP contribution in [0.3, 0.4) is 0 Å². The van der Waals surface area contributed by atoms with Crippen molar-refractivity contribution in [3.63, 3.8) is 0 Å². The number of carbonyl (C=O) groups excluding carboxylic acids is 1. The number of amides is 1. The summed E-state index contributed by atoms with van der Waals surface area (Å²) in [6.45, 7) is 4.37. The molecule has 0 bridgehead atoms. The molecule has 3 N–H and O–H groups in total. The van der Waals surface area contributed by atoms with Crippen LogP contribution in [0, 0.1) is 12.8 Å². The third-order valence-electron chi connectivity index (χ3n) is 4.86. The normalized spacial score (nSPS) is 22.9. The van der Waals surface area contributed by atoms with Gasteiger partial charge in [-0.1, -0.05) is 30.5 Å². The van der Waals surface area contributed by atoms with E-state index in [1.54, 1.807) is 6.26 Å². The molecule has 2 atom stereocenters. The van der Waals surface area contributed by atoms with Crippen molar-refractivity contribution in [2.75, 3.05) is 0 Å². The molecule has 136 valence electrons. The lowest BCUT2D eigenvalue weighted by Gasteiger charge is -2.37. The molecule has 2 aromatic rings. The van der Waals surface area contributed by atoms with Gasteiger partial charge in [0, 0.05) is 11.1 Å². The lowest BCUT2D eigenvalue weighted by molar-refractivity contribution is -0.128. The molecule has 1 aromatic heterocycles. The maximum Gasteiger partial charge on any atom is 0.226 e. The molecular formula is C19H26ClN3O2. The van der Waals surface area contributed by atoms with Gasteiger partial charge in [-0.2, -0.15) is 0 Å². The van der Waals surface area contributed by atoms with Crippen LogP contribution in [0.1, 0.15) is 43.9 Å². The van der Waals surface area contributed by atoms with Crippen LogP contribution in [-0.2, 0) is 11.3 Å². The van der Waals surface area contributed by atoms with E-state index in [-0.39, 0.29) is 24.2 Å². The van der Waals surface area contributed by atoms with E-state index >= 15 is 0 Å². The average Bonchev–Trinajstić information content (AvgIpc) is 3.02. The molecule has 25 heavy (non-hydrogen) atoms. The molecule has 0 radical (unpaired) electrons. The zero-order valence-corrected chi connectivity index (χ0v) is 15.6. The molecular weight excluding hydrogens is 338 g/mol. The molecule has 1 aliphatic rings. The standard InChI is InChI=1S/C19H25N3O2.ClH/c1-13-6-8-14(9-7-13)18-22-15(12-24-18)11-21-17(23)16-5-3-4-10-19(16,2)20;/h6-9,12,16H,3-5,10-11,20H2,1-2H3,(H,21,23);1H. The molecule has 1 heterocycles. The predicted octanol–water partition coefficient (Wildman–Crippen LogP) is 3.60. The van der Waals surface area contributed by atoms with Gasteiger partial charge in [0.15, 0.2) is 0 Å². The SMILES string of the molecule is Cc1ccc(-c2nc(CNC(=O)C3CCCCC3(C)N)co2)cc1.Cl. The number of hydrogen-bond acceptors (Lipinski definition) is 4. The fraction of sp³-hybridized carbons (Fsp3) is 0.474. The molecule has 6 heteroatoms. The molecule has 0 saturated heterocycles. The number of rotatable bonds is 4. The van der Waals surface area contributed by atoms with Crippen LogP contribution in [0.2, 0.25) is 0 Å². The summed E-state index contributed by atoms with van der Waals surface area (Å²) in [5, 5.41) is 2.96. The van der Waals surface area contributed by atoms with Crippen LogP contribution in [0.25, 0.3) is 11.5 Å². The largest absolute Gasteiger partial charge is 0.444 e. The summed E-state index contributed by atoms with van der Waals surface area (Å²) in [6, 6.07) is 8.00. The number of carbonyl (C=O) groups is 1. The first-order chi connectivity index (χ1) is 11.5. The molecule has 0 spiro atoms. The van der Waals surface area contributed by atoms with Gasteiger partial charge in [0.05, 0.1) is 18.2 Å². The third-order valence-corrected chi connectivity index (χ3v) is 4.86. The Balaban J connectivity index is 0.00000225. The van der Waals surface area contributed by atoms with Gasteiger partial charge in [0.2, 0.25) is 11.8 Å². The van der Waals surface area contributed by atoms with Gasteiger partial charge < -0.3 is 15.5 Å². The molecule has 0 aliphatic heterocycles. The number of aromatic nitrogens is 1. The van der Waals surface area contributed by atoms with Crippen molar-refractivity contribution in [2.45, 2.75) is 51.6 Å². The van der Waals surface area contributed by atoms with Crippen LogP contribution in [0.15, 0.2) is 34.9 Å². The summed E-state index contributed by atoms with van der Waals surface area (Å²) in [5.74, 6) is 0.454. The Labute approximate surface area is 154 Å². The summed E-state index contributed by atoms with van der Waals surface area (Å²) in [7, 11) is 0. The first-order valence-electron chi connectivity index (χ1n) is 8.54. The first-order valence-corrected chi connectivity index (χ1v) is 8.54. The second-order valence-electron chi connectivity index (χ2n) is 7.03. The third kappa shape index (κ3) is 4.61. The lowest BCUT2D eigenvalue weighted by Crippen LogP contribution is -2.52. The van der Waals surface area contributed by atoms with Crippen LogP contribution in [-0.4, -0.2) is 16.4 Å². The number of oxazole rings is 1. The Bertz CT molecular complexity index is 710. The van der Waals surface area contributed by atoms with Crippen LogP contribution in [0.4, 0.5) is 0 Å². The Morgan fingerprint density at radius 3 is 2.76 bits per heavy atom. The number of halogens is 1. The van der Waals surface area contributed by atoms with E-state index in [1.165, 1.54) is 5.56 Å². The lowest BCUT2D eigenvalue weighted by atomic mass is 9.74. The maximum atomic E-state index is 12.5. The number of nitrogens with zero attached hydrogens (tertiary/aromatic N) is 1. The van der Waals surface area contributed by atoms with Crippen molar-refractivity contribution in [3.8, 4) is 11.5 Å². The van der Waals surface area contributed by atoms with E-state index in [0.29, 0.717) is 18.1 Å². The Morgan fingerprint density at radius 1 is 1.36 bits per heavy atom. The Kier molecular flexibility index (Phi) is 6.25. The minimum Gasteiger partial charge on any atom is -0.444 e. The summed E-state index contributed by atoms with van der Waals surface area (Å²) in [4.78, 5) is 16.9. The molecule has 1 aromatic carbocycles. The molecule has 1 fully saturated rings. The van der Waals surface area contributed by atoms with Crippen molar-refractivity contribution >= 4 is 18.3 Å². The Hall–Kier alpha value is -1.85. The molecule has 2 unspecified atom stereocenters. The predicted molar refractivity (Wildman–Crippen MR) is 100 cm³/mol. The van der Waals surface area contributed by atoms with Crippen molar-refractivity contribution < 1.29 is 9.21 Å². The smallest absolute Gasteiger partial charge is 0.226 e. The van der Waals surface area contributed by atoms with Crippen molar-refractivity contribution in [1.82, 2.24) is 10.3 Å². The zero-order chi connectivity index (χ0) is 17.2. The van der Waals surface area contributed by atoms with E-state index in [4.69, 9.17) is 10.2 Å². The second-order valence-corrected chi connectivity index (χ2v) is 7.03. The van der Waals surface area contributed by atoms with E-state index < -0.39 is 5.54 Å². The van der Waals surface area contributed by atoms with Crippen molar-refractivity contribution in [1.29, 1.82) is 0 Å². The fourth-order valence-corrected chi connectivity index (χ4v) is 3.31. The maximum absolute atomic E-state index is 12.5. The minimum absolute atomic E-state index is 0. The van der Waals surface area contributed by atoms with Crippen LogP contribution < -0.4 is 11.1 Å². The number of aryl methyl sites for hydroxylation is 1. The molecule has 3 rings (SSSR count). The van der Waals surface area contributed by atoms with E-state index in [0.717, 1.165) is 31.2 Å². The van der Waals surface area contributed by atoms with Gasteiger partial charge in [-0.25, -0.2) is 4.98 Å². The highest BCUT2D eigenvalue weighted by Gasteiger charge is 2.37. The highest BCUT2D eigenvalue weighted by molar-refractivity contribution is 5.85. The van der Waals surface area contributed by atoms with E-state index in [9.17, 15) is 4.79 Å². The van der Waals surface area contributed by atoms with Crippen molar-refractivity contribution in [3.05, 3.63) is 41.8 Å². The summed E-state index contributed by atoms with van der Waals surface area (Å²) in [5.41, 5.74) is 8.71. The first kappa shape index (κ1) is 19.5. The van der Waals surface area contributed by atoms with Gasteiger partial charge in [-0.15, -0.1) is 12.4 Å². The topological polar surface area (TPSA) is 81.2 Å².